The molecule has 0 spiro atoms. The fourth-order valence-electron chi connectivity index (χ4n) is 4.70. The number of likely N-dealkylation sites (N-methyl/N-ethyl adjacent to an activating group) is 1. The molecule has 1 aliphatic carbocycles. The minimum absolute atomic E-state index is 0.0618. The zero-order valence-electron chi connectivity index (χ0n) is 15.3. The molecule has 4 rings (SSSR count). The second kappa shape index (κ2) is 6.83. The lowest BCUT2D eigenvalue weighted by atomic mass is 9.93. The number of halogens is 1. The molecule has 26 heavy (non-hydrogen) atoms. The molecule has 0 N–H and O–H groups in total. The van der Waals surface area contributed by atoms with Crippen molar-refractivity contribution >= 4 is 0 Å². The maximum absolute atomic E-state index is 14.5. The molecule has 1 aliphatic heterocycles. The van der Waals surface area contributed by atoms with Gasteiger partial charge < -0.3 is 4.90 Å². The van der Waals surface area contributed by atoms with Crippen molar-refractivity contribution in [2.24, 2.45) is 0 Å². The molecule has 0 saturated carbocycles. The van der Waals surface area contributed by atoms with Crippen molar-refractivity contribution in [3.8, 4) is 6.07 Å². The van der Waals surface area contributed by atoms with Gasteiger partial charge in [-0.05, 0) is 56.3 Å². The van der Waals surface area contributed by atoms with Gasteiger partial charge in [0.2, 0.25) is 0 Å². The Kier molecular flexibility index (Phi) is 4.52. The van der Waals surface area contributed by atoms with Crippen LogP contribution in [0.4, 0.5) is 4.39 Å². The van der Waals surface area contributed by atoms with E-state index in [1.807, 2.05) is 18.2 Å². The van der Waals surface area contributed by atoms with E-state index in [0.717, 1.165) is 31.5 Å². The molecule has 2 aromatic carbocycles. The third-order valence-electron chi connectivity index (χ3n) is 6.05. The zero-order chi connectivity index (χ0) is 18.3. The van der Waals surface area contributed by atoms with E-state index in [4.69, 9.17) is 5.26 Å². The number of fused-ring (bicyclic) bond motifs is 1. The van der Waals surface area contributed by atoms with Crippen LogP contribution in [0.15, 0.2) is 42.5 Å². The number of likely N-dealkylation sites (tertiary alicyclic amines) is 1. The summed E-state index contributed by atoms with van der Waals surface area (Å²) in [7, 11) is 4.24. The molecule has 4 heteroatoms. The molecule has 1 heterocycles. The lowest BCUT2D eigenvalue weighted by molar-refractivity contribution is 0.213. The van der Waals surface area contributed by atoms with Crippen LogP contribution in [0.1, 0.15) is 40.6 Å². The molecule has 0 bridgehead atoms. The van der Waals surface area contributed by atoms with E-state index in [-0.39, 0.29) is 11.9 Å². The average Bonchev–Trinajstić information content (AvgIpc) is 3.27. The SMILES string of the molecule is CN(C)[C@@H]1CN([C@@H]2CCc3cccc(F)c32)C[C@H]1c1ccc(C#N)cc1. The second-order valence-corrected chi connectivity index (χ2v) is 7.69. The number of aryl methyl sites for hydroxylation is 1. The molecule has 2 aliphatic rings. The van der Waals surface area contributed by atoms with Crippen LogP contribution in [-0.4, -0.2) is 43.0 Å². The number of hydrogen-bond donors (Lipinski definition) is 0. The smallest absolute Gasteiger partial charge is 0.128 e. The minimum atomic E-state index is -0.0618. The van der Waals surface area contributed by atoms with Crippen molar-refractivity contribution in [3.63, 3.8) is 0 Å². The summed E-state index contributed by atoms with van der Waals surface area (Å²) in [5.74, 6) is 0.307. The Morgan fingerprint density at radius 3 is 2.58 bits per heavy atom. The van der Waals surface area contributed by atoms with Crippen molar-refractivity contribution in [1.82, 2.24) is 9.80 Å². The Morgan fingerprint density at radius 1 is 1.12 bits per heavy atom. The Balaban J connectivity index is 1.62. The van der Waals surface area contributed by atoms with Crippen LogP contribution in [0.25, 0.3) is 0 Å². The van der Waals surface area contributed by atoms with Gasteiger partial charge in [-0.25, -0.2) is 4.39 Å². The molecule has 1 saturated heterocycles. The number of rotatable bonds is 3. The van der Waals surface area contributed by atoms with Crippen molar-refractivity contribution in [1.29, 1.82) is 5.26 Å². The van der Waals surface area contributed by atoms with Gasteiger partial charge in [-0.2, -0.15) is 5.26 Å². The highest BCUT2D eigenvalue weighted by atomic mass is 19.1. The summed E-state index contributed by atoms with van der Waals surface area (Å²) in [5, 5.41) is 9.04. The van der Waals surface area contributed by atoms with E-state index in [0.29, 0.717) is 17.5 Å². The van der Waals surface area contributed by atoms with Crippen LogP contribution in [0, 0.1) is 17.1 Å². The fourth-order valence-corrected chi connectivity index (χ4v) is 4.70. The van der Waals surface area contributed by atoms with Crippen LogP contribution < -0.4 is 0 Å². The molecule has 1 fully saturated rings. The van der Waals surface area contributed by atoms with Crippen LogP contribution in [0.3, 0.4) is 0 Å². The molecule has 0 amide bonds. The van der Waals surface area contributed by atoms with E-state index >= 15 is 0 Å². The van der Waals surface area contributed by atoms with Crippen molar-refractivity contribution in [2.45, 2.75) is 30.8 Å². The molecule has 0 unspecified atom stereocenters. The van der Waals surface area contributed by atoms with Gasteiger partial charge in [-0.1, -0.05) is 24.3 Å². The van der Waals surface area contributed by atoms with Crippen molar-refractivity contribution in [3.05, 3.63) is 70.5 Å². The Hall–Kier alpha value is -2.22. The molecule has 0 aromatic heterocycles. The number of nitriles is 1. The molecule has 134 valence electrons. The first-order valence-electron chi connectivity index (χ1n) is 9.26. The van der Waals surface area contributed by atoms with Gasteiger partial charge in [0, 0.05) is 36.7 Å². The summed E-state index contributed by atoms with van der Waals surface area (Å²) in [6.45, 7) is 1.86. The fraction of sp³-hybridized carbons (Fsp3) is 0.409. The van der Waals surface area contributed by atoms with Crippen LogP contribution in [-0.2, 0) is 6.42 Å². The lowest BCUT2D eigenvalue weighted by Gasteiger charge is -2.26. The van der Waals surface area contributed by atoms with Gasteiger partial charge in [0.1, 0.15) is 5.82 Å². The van der Waals surface area contributed by atoms with Crippen LogP contribution in [0.2, 0.25) is 0 Å². The highest BCUT2D eigenvalue weighted by molar-refractivity contribution is 5.37. The average molecular weight is 349 g/mol. The van der Waals surface area contributed by atoms with Gasteiger partial charge in [0.15, 0.2) is 0 Å². The Bertz CT molecular complexity index is 837. The molecular formula is C22H24FN3. The number of nitrogens with zero attached hydrogens (tertiary/aromatic N) is 3. The van der Waals surface area contributed by atoms with Gasteiger partial charge in [0.05, 0.1) is 11.6 Å². The maximum atomic E-state index is 14.5. The predicted molar refractivity (Wildman–Crippen MR) is 100 cm³/mol. The summed E-state index contributed by atoms with van der Waals surface area (Å²) in [4.78, 5) is 4.74. The largest absolute Gasteiger partial charge is 0.305 e. The molecular weight excluding hydrogens is 325 g/mol. The van der Waals surface area contributed by atoms with E-state index < -0.39 is 0 Å². The predicted octanol–water partition coefficient (Wildman–Crippen LogP) is 3.71. The summed E-state index contributed by atoms with van der Waals surface area (Å²) in [6, 6.07) is 16.2. The standard InChI is InChI=1S/C22H24FN3/c1-25(2)21-14-26(13-18(21)16-8-6-15(12-24)7-9-16)20-11-10-17-4-3-5-19(23)22(17)20/h3-9,18,20-21H,10-11,13-14H2,1-2H3/t18-,20+,21+/m0/s1. The van der Waals surface area contributed by atoms with Gasteiger partial charge in [-0.3, -0.25) is 4.90 Å². The van der Waals surface area contributed by atoms with Crippen LogP contribution in [0.5, 0.6) is 0 Å². The van der Waals surface area contributed by atoms with Gasteiger partial charge in [0.25, 0.3) is 0 Å². The molecule has 0 radical (unpaired) electrons. The summed E-state index contributed by atoms with van der Waals surface area (Å²) >= 11 is 0. The lowest BCUT2D eigenvalue weighted by Crippen LogP contribution is -2.35. The second-order valence-electron chi connectivity index (χ2n) is 7.69. The maximum Gasteiger partial charge on any atom is 0.128 e. The van der Waals surface area contributed by atoms with Crippen molar-refractivity contribution in [2.75, 3.05) is 27.2 Å². The van der Waals surface area contributed by atoms with E-state index in [2.05, 4.69) is 48.2 Å². The third-order valence-corrected chi connectivity index (χ3v) is 6.05. The number of hydrogen-bond acceptors (Lipinski definition) is 3. The monoisotopic (exact) mass is 349 g/mol. The minimum Gasteiger partial charge on any atom is -0.305 e. The Labute approximate surface area is 154 Å². The Morgan fingerprint density at radius 2 is 1.88 bits per heavy atom. The summed E-state index contributed by atoms with van der Waals surface area (Å²) in [6.07, 6.45) is 1.96. The first kappa shape index (κ1) is 17.2. The highest BCUT2D eigenvalue weighted by Crippen LogP contribution is 2.42. The van der Waals surface area contributed by atoms with Gasteiger partial charge >= 0.3 is 0 Å². The van der Waals surface area contributed by atoms with Gasteiger partial charge in [-0.15, -0.1) is 0 Å². The first-order chi connectivity index (χ1) is 12.6. The van der Waals surface area contributed by atoms with Crippen LogP contribution >= 0.6 is 0 Å². The third kappa shape index (κ3) is 2.92. The van der Waals surface area contributed by atoms with E-state index in [1.165, 1.54) is 11.1 Å². The quantitative estimate of drug-likeness (QED) is 0.846. The van der Waals surface area contributed by atoms with E-state index in [9.17, 15) is 4.39 Å². The van der Waals surface area contributed by atoms with Crippen molar-refractivity contribution < 1.29 is 4.39 Å². The highest BCUT2D eigenvalue weighted by Gasteiger charge is 2.41. The summed E-state index contributed by atoms with van der Waals surface area (Å²) < 4.78 is 14.5. The topological polar surface area (TPSA) is 30.3 Å². The first-order valence-corrected chi connectivity index (χ1v) is 9.26. The van der Waals surface area contributed by atoms with E-state index in [1.54, 1.807) is 6.07 Å². The summed E-state index contributed by atoms with van der Waals surface area (Å²) in [5.41, 5.74) is 4.03. The normalized spacial score (nSPS) is 25.4. The number of benzene rings is 2. The molecule has 2 aromatic rings. The molecule has 3 nitrogen and oxygen atoms in total. The molecule has 3 atom stereocenters. The zero-order valence-corrected chi connectivity index (χ0v) is 15.3.